The van der Waals surface area contributed by atoms with Gasteiger partial charge < -0.3 is 15.6 Å². The lowest BCUT2D eigenvalue weighted by molar-refractivity contribution is -0.121. The maximum absolute atomic E-state index is 11.7. The topological polar surface area (TPSA) is 72.9 Å². The maximum atomic E-state index is 11.7. The summed E-state index contributed by atoms with van der Waals surface area (Å²) in [4.78, 5) is 16.0. The molecule has 6 heteroatoms. The zero-order valence-corrected chi connectivity index (χ0v) is 12.4. The molecular formula is C14H19ClN4O. The number of benzene rings is 1. The lowest BCUT2D eigenvalue weighted by Gasteiger charge is -2.09. The number of anilines is 1. The van der Waals surface area contributed by atoms with Gasteiger partial charge in [0.05, 0.1) is 11.0 Å². The zero-order chi connectivity index (χ0) is 14.7. The standard InChI is InChI=1S/C14H19ClN4O/c1-9(2)8-17-13(20)5-6-19-12-7-10(15)3-4-11(12)18-14(19)16/h3-4,7,9H,5-6,8H2,1-2H3,(H2,16,18)(H,17,20). The van der Waals surface area contributed by atoms with Crippen LogP contribution < -0.4 is 11.1 Å². The summed E-state index contributed by atoms with van der Waals surface area (Å²) in [6, 6.07) is 5.41. The highest BCUT2D eigenvalue weighted by Crippen LogP contribution is 2.22. The van der Waals surface area contributed by atoms with Crippen molar-refractivity contribution in [2.45, 2.75) is 26.8 Å². The summed E-state index contributed by atoms with van der Waals surface area (Å²) in [5.74, 6) is 0.859. The van der Waals surface area contributed by atoms with Crippen LogP contribution in [0.1, 0.15) is 20.3 Å². The van der Waals surface area contributed by atoms with E-state index < -0.39 is 0 Å². The SMILES string of the molecule is CC(C)CNC(=O)CCn1c(N)nc2ccc(Cl)cc21. The summed E-state index contributed by atoms with van der Waals surface area (Å²) < 4.78 is 1.82. The molecule has 1 heterocycles. The molecule has 0 aliphatic carbocycles. The minimum absolute atomic E-state index is 0.0157. The van der Waals surface area contributed by atoms with Gasteiger partial charge in [-0.05, 0) is 24.1 Å². The molecule has 5 nitrogen and oxygen atoms in total. The number of carbonyl (C=O) groups excluding carboxylic acids is 1. The molecule has 2 aromatic rings. The van der Waals surface area contributed by atoms with Gasteiger partial charge in [-0.15, -0.1) is 0 Å². The van der Waals surface area contributed by atoms with Crippen molar-refractivity contribution in [3.05, 3.63) is 23.2 Å². The Morgan fingerprint density at radius 1 is 1.50 bits per heavy atom. The van der Waals surface area contributed by atoms with Crippen molar-refractivity contribution in [1.82, 2.24) is 14.9 Å². The smallest absolute Gasteiger partial charge is 0.221 e. The molecule has 0 spiro atoms. The lowest BCUT2D eigenvalue weighted by Crippen LogP contribution is -2.28. The summed E-state index contributed by atoms with van der Waals surface area (Å²) in [7, 11) is 0. The van der Waals surface area contributed by atoms with Crippen molar-refractivity contribution in [2.75, 3.05) is 12.3 Å². The van der Waals surface area contributed by atoms with Gasteiger partial charge in [0.2, 0.25) is 11.9 Å². The quantitative estimate of drug-likeness (QED) is 0.889. The molecule has 1 aromatic carbocycles. The van der Waals surface area contributed by atoms with E-state index >= 15 is 0 Å². The van der Waals surface area contributed by atoms with Crippen molar-refractivity contribution >= 4 is 34.5 Å². The van der Waals surface area contributed by atoms with E-state index in [0.717, 1.165) is 11.0 Å². The molecule has 20 heavy (non-hydrogen) atoms. The number of fused-ring (bicyclic) bond motifs is 1. The second-order valence-corrected chi connectivity index (χ2v) is 5.64. The number of halogens is 1. The second kappa shape index (κ2) is 6.13. The van der Waals surface area contributed by atoms with E-state index in [1.165, 1.54) is 0 Å². The van der Waals surface area contributed by atoms with Crippen LogP contribution in [0.25, 0.3) is 11.0 Å². The number of nitrogen functional groups attached to an aromatic ring is 1. The number of aromatic nitrogens is 2. The van der Waals surface area contributed by atoms with E-state index in [2.05, 4.69) is 24.1 Å². The van der Waals surface area contributed by atoms with Crippen LogP contribution in [0.15, 0.2) is 18.2 Å². The van der Waals surface area contributed by atoms with E-state index in [1.807, 2.05) is 16.7 Å². The first kappa shape index (κ1) is 14.7. The fraction of sp³-hybridized carbons (Fsp3) is 0.429. The third-order valence-electron chi connectivity index (χ3n) is 3.01. The van der Waals surface area contributed by atoms with Gasteiger partial charge in [-0.2, -0.15) is 0 Å². The fourth-order valence-electron chi connectivity index (χ4n) is 1.97. The molecule has 0 bridgehead atoms. The normalized spacial score (nSPS) is 11.2. The Labute approximate surface area is 123 Å². The number of aryl methyl sites for hydroxylation is 1. The number of nitrogens with one attached hydrogen (secondary N) is 1. The molecule has 108 valence electrons. The Morgan fingerprint density at radius 3 is 2.95 bits per heavy atom. The molecule has 0 saturated heterocycles. The van der Waals surface area contributed by atoms with Crippen LogP contribution in [0, 0.1) is 5.92 Å². The first-order chi connectivity index (χ1) is 9.47. The highest BCUT2D eigenvalue weighted by Gasteiger charge is 2.10. The molecule has 2 rings (SSSR count). The zero-order valence-electron chi connectivity index (χ0n) is 11.7. The van der Waals surface area contributed by atoms with Crippen molar-refractivity contribution < 1.29 is 4.79 Å². The summed E-state index contributed by atoms with van der Waals surface area (Å²) in [5, 5.41) is 3.51. The molecule has 1 aromatic heterocycles. The molecule has 0 fully saturated rings. The minimum atomic E-state index is 0.0157. The minimum Gasteiger partial charge on any atom is -0.369 e. The Balaban J connectivity index is 2.08. The number of nitrogens with zero attached hydrogens (tertiary/aromatic N) is 2. The fourth-order valence-corrected chi connectivity index (χ4v) is 2.14. The molecule has 3 N–H and O–H groups in total. The van der Waals surface area contributed by atoms with Crippen molar-refractivity contribution in [3.8, 4) is 0 Å². The molecule has 0 saturated carbocycles. The van der Waals surface area contributed by atoms with Crippen LogP contribution in [-0.2, 0) is 11.3 Å². The average Bonchev–Trinajstić information content (AvgIpc) is 2.69. The van der Waals surface area contributed by atoms with Crippen LogP contribution in [0.5, 0.6) is 0 Å². The van der Waals surface area contributed by atoms with Gasteiger partial charge in [-0.1, -0.05) is 25.4 Å². The molecule has 0 atom stereocenters. The Morgan fingerprint density at radius 2 is 2.25 bits per heavy atom. The van der Waals surface area contributed by atoms with Crippen LogP contribution in [0.2, 0.25) is 5.02 Å². The van der Waals surface area contributed by atoms with Crippen molar-refractivity contribution in [2.24, 2.45) is 5.92 Å². The highest BCUT2D eigenvalue weighted by atomic mass is 35.5. The summed E-state index contributed by atoms with van der Waals surface area (Å²) >= 11 is 5.99. The number of hydrogen-bond acceptors (Lipinski definition) is 3. The monoisotopic (exact) mass is 294 g/mol. The largest absolute Gasteiger partial charge is 0.369 e. The summed E-state index contributed by atoms with van der Waals surface area (Å²) in [6.07, 6.45) is 0.370. The van der Waals surface area contributed by atoms with Gasteiger partial charge in [0.15, 0.2) is 0 Å². The van der Waals surface area contributed by atoms with E-state index in [1.54, 1.807) is 6.07 Å². The number of carbonyl (C=O) groups is 1. The number of imidazole rings is 1. The van der Waals surface area contributed by atoms with Gasteiger partial charge in [0, 0.05) is 24.5 Å². The van der Waals surface area contributed by atoms with E-state index in [4.69, 9.17) is 17.3 Å². The van der Waals surface area contributed by atoms with Gasteiger partial charge >= 0.3 is 0 Å². The van der Waals surface area contributed by atoms with E-state index in [-0.39, 0.29) is 5.91 Å². The second-order valence-electron chi connectivity index (χ2n) is 5.20. The first-order valence-electron chi connectivity index (χ1n) is 6.65. The molecule has 0 radical (unpaired) electrons. The highest BCUT2D eigenvalue weighted by molar-refractivity contribution is 6.31. The average molecular weight is 295 g/mol. The van der Waals surface area contributed by atoms with E-state index in [9.17, 15) is 4.79 Å². The summed E-state index contributed by atoms with van der Waals surface area (Å²) in [5.41, 5.74) is 7.53. The summed E-state index contributed by atoms with van der Waals surface area (Å²) in [6.45, 7) is 5.30. The van der Waals surface area contributed by atoms with Crippen molar-refractivity contribution in [3.63, 3.8) is 0 Å². The molecule has 0 aliphatic heterocycles. The maximum Gasteiger partial charge on any atom is 0.221 e. The van der Waals surface area contributed by atoms with Crippen LogP contribution >= 0.6 is 11.6 Å². The number of amides is 1. The van der Waals surface area contributed by atoms with Gasteiger partial charge in [-0.25, -0.2) is 4.98 Å². The van der Waals surface area contributed by atoms with Crippen LogP contribution in [-0.4, -0.2) is 22.0 Å². The number of nitrogens with two attached hydrogens (primary N) is 1. The van der Waals surface area contributed by atoms with Crippen LogP contribution in [0.3, 0.4) is 0 Å². The van der Waals surface area contributed by atoms with Gasteiger partial charge in [0.1, 0.15) is 0 Å². The van der Waals surface area contributed by atoms with Crippen molar-refractivity contribution in [1.29, 1.82) is 0 Å². The molecular weight excluding hydrogens is 276 g/mol. The lowest BCUT2D eigenvalue weighted by atomic mass is 10.2. The number of hydrogen-bond donors (Lipinski definition) is 2. The Hall–Kier alpha value is -1.75. The van der Waals surface area contributed by atoms with Crippen LogP contribution in [0.4, 0.5) is 5.95 Å². The number of rotatable bonds is 5. The first-order valence-corrected chi connectivity index (χ1v) is 7.03. The Kier molecular flexibility index (Phi) is 4.49. The predicted molar refractivity (Wildman–Crippen MR) is 81.6 cm³/mol. The van der Waals surface area contributed by atoms with Gasteiger partial charge in [0.25, 0.3) is 0 Å². The third-order valence-corrected chi connectivity index (χ3v) is 3.24. The van der Waals surface area contributed by atoms with E-state index in [0.29, 0.717) is 36.4 Å². The van der Waals surface area contributed by atoms with Gasteiger partial charge in [-0.3, -0.25) is 4.79 Å². The molecule has 0 unspecified atom stereocenters. The molecule has 0 aliphatic rings. The third kappa shape index (κ3) is 3.42. The Bertz CT molecular complexity index is 621. The predicted octanol–water partition coefficient (Wildman–Crippen LogP) is 2.43. The molecule has 1 amide bonds.